The van der Waals surface area contributed by atoms with Gasteiger partial charge in [0, 0.05) is 6.54 Å². The number of sulfonamides is 1. The van der Waals surface area contributed by atoms with Crippen LogP contribution >= 0.6 is 11.3 Å². The maximum Gasteiger partial charge on any atom is 0.250 e. The fourth-order valence-electron chi connectivity index (χ4n) is 3.44. The van der Waals surface area contributed by atoms with E-state index in [-0.39, 0.29) is 4.21 Å². The molecular formula is C13H16N2O2S2. The Labute approximate surface area is 117 Å². The first-order valence-electron chi connectivity index (χ1n) is 6.58. The topological polar surface area (TPSA) is 70.0 Å². The molecule has 4 nitrogen and oxygen atoms in total. The highest BCUT2D eigenvalue weighted by molar-refractivity contribution is 7.91. The van der Waals surface area contributed by atoms with E-state index in [4.69, 9.17) is 5.26 Å². The second-order valence-corrected chi connectivity index (χ2v) is 8.59. The monoisotopic (exact) mass is 296 g/mol. The summed E-state index contributed by atoms with van der Waals surface area (Å²) in [6.45, 7) is 0.545. The fraction of sp³-hybridized carbons (Fsp3) is 0.615. The summed E-state index contributed by atoms with van der Waals surface area (Å²) in [5.41, 5.74) is 0. The highest BCUT2D eigenvalue weighted by atomic mass is 32.2. The van der Waals surface area contributed by atoms with Crippen LogP contribution in [0.4, 0.5) is 0 Å². The van der Waals surface area contributed by atoms with Crippen LogP contribution in [0.25, 0.3) is 0 Å². The van der Waals surface area contributed by atoms with Crippen molar-refractivity contribution in [3.63, 3.8) is 0 Å². The van der Waals surface area contributed by atoms with Gasteiger partial charge in [0.2, 0.25) is 10.0 Å². The van der Waals surface area contributed by atoms with Crippen molar-refractivity contribution < 1.29 is 8.42 Å². The highest BCUT2D eigenvalue weighted by Crippen LogP contribution is 2.48. The Morgan fingerprint density at radius 1 is 1.37 bits per heavy atom. The van der Waals surface area contributed by atoms with Crippen LogP contribution in [0, 0.1) is 29.1 Å². The zero-order chi connectivity index (χ0) is 13.5. The van der Waals surface area contributed by atoms with Crippen LogP contribution in [0.3, 0.4) is 0 Å². The van der Waals surface area contributed by atoms with Crippen molar-refractivity contribution in [2.45, 2.75) is 29.9 Å². The van der Waals surface area contributed by atoms with E-state index in [2.05, 4.69) is 4.72 Å². The van der Waals surface area contributed by atoms with Gasteiger partial charge in [-0.15, -0.1) is 11.3 Å². The molecule has 19 heavy (non-hydrogen) atoms. The number of nitrogens with one attached hydrogen (secondary N) is 1. The van der Waals surface area contributed by atoms with Gasteiger partial charge in [-0.2, -0.15) is 5.26 Å². The van der Waals surface area contributed by atoms with Gasteiger partial charge in [0.25, 0.3) is 0 Å². The Morgan fingerprint density at radius 3 is 2.79 bits per heavy atom. The molecule has 1 aromatic rings. The zero-order valence-electron chi connectivity index (χ0n) is 10.5. The number of nitriles is 1. The molecule has 2 aliphatic rings. The van der Waals surface area contributed by atoms with Crippen LogP contribution in [0.2, 0.25) is 0 Å². The summed E-state index contributed by atoms with van der Waals surface area (Å²) >= 11 is 1.03. The van der Waals surface area contributed by atoms with E-state index in [1.807, 2.05) is 6.07 Å². The first-order chi connectivity index (χ1) is 9.08. The van der Waals surface area contributed by atoms with Gasteiger partial charge < -0.3 is 0 Å². The summed E-state index contributed by atoms with van der Waals surface area (Å²) in [5, 5.41) is 8.74. The molecule has 3 atom stereocenters. The molecule has 102 valence electrons. The quantitative estimate of drug-likeness (QED) is 0.927. The minimum atomic E-state index is -3.44. The Morgan fingerprint density at radius 2 is 2.21 bits per heavy atom. The molecule has 0 saturated heterocycles. The second-order valence-electron chi connectivity index (χ2n) is 5.52. The van der Waals surface area contributed by atoms with E-state index in [1.54, 1.807) is 6.07 Å². The van der Waals surface area contributed by atoms with Crippen LogP contribution in [0.1, 0.15) is 30.6 Å². The van der Waals surface area contributed by atoms with E-state index < -0.39 is 10.0 Å². The molecule has 6 heteroatoms. The van der Waals surface area contributed by atoms with Crippen LogP contribution in [0.5, 0.6) is 0 Å². The maximum absolute atomic E-state index is 12.1. The van der Waals surface area contributed by atoms with Gasteiger partial charge in [0.15, 0.2) is 0 Å². The minimum Gasteiger partial charge on any atom is -0.210 e. The number of nitrogens with zero attached hydrogens (tertiary/aromatic N) is 1. The molecule has 1 aromatic heterocycles. The van der Waals surface area contributed by atoms with E-state index in [0.717, 1.165) is 17.3 Å². The van der Waals surface area contributed by atoms with E-state index in [9.17, 15) is 8.42 Å². The Hall–Kier alpha value is -0.900. The van der Waals surface area contributed by atoms with Crippen molar-refractivity contribution in [2.24, 2.45) is 17.8 Å². The average molecular weight is 296 g/mol. The lowest BCUT2D eigenvalue weighted by Gasteiger charge is -2.21. The fourth-order valence-corrected chi connectivity index (χ4v) is 5.68. The van der Waals surface area contributed by atoms with Gasteiger partial charge in [-0.1, -0.05) is 6.42 Å². The summed E-state index contributed by atoms with van der Waals surface area (Å²) in [6, 6.07) is 5.02. The van der Waals surface area contributed by atoms with Crippen LogP contribution < -0.4 is 4.72 Å². The van der Waals surface area contributed by atoms with Gasteiger partial charge in [-0.05, 0) is 49.1 Å². The molecule has 0 radical (unpaired) electrons. The van der Waals surface area contributed by atoms with Crippen molar-refractivity contribution in [3.8, 4) is 6.07 Å². The molecule has 3 rings (SSSR count). The predicted octanol–water partition coefficient (Wildman–Crippen LogP) is 2.33. The number of hydrogen-bond donors (Lipinski definition) is 1. The van der Waals surface area contributed by atoms with Gasteiger partial charge in [-0.25, -0.2) is 13.1 Å². The van der Waals surface area contributed by atoms with Crippen LogP contribution in [0.15, 0.2) is 16.3 Å². The summed E-state index contributed by atoms with van der Waals surface area (Å²) in [7, 11) is -3.44. The first-order valence-corrected chi connectivity index (χ1v) is 8.88. The third kappa shape index (κ3) is 2.55. The lowest BCUT2D eigenvalue weighted by molar-refractivity contribution is 0.333. The Balaban J connectivity index is 1.64. The maximum atomic E-state index is 12.1. The minimum absolute atomic E-state index is 0.243. The molecule has 0 spiro atoms. The van der Waals surface area contributed by atoms with E-state index >= 15 is 0 Å². The van der Waals surface area contributed by atoms with Gasteiger partial charge in [0.1, 0.15) is 15.2 Å². The Kier molecular flexibility index (Phi) is 3.37. The molecule has 1 N–H and O–H groups in total. The molecule has 0 aromatic carbocycles. The Bertz CT molecular complexity index is 615. The molecule has 3 unspecified atom stereocenters. The molecule has 2 bridgehead atoms. The summed E-state index contributed by atoms with van der Waals surface area (Å²) in [5.74, 6) is 2.04. The third-order valence-electron chi connectivity index (χ3n) is 4.38. The molecule has 0 amide bonds. The van der Waals surface area contributed by atoms with Gasteiger partial charge in [-0.3, -0.25) is 0 Å². The molecule has 0 aliphatic heterocycles. The van der Waals surface area contributed by atoms with Crippen LogP contribution in [-0.2, 0) is 10.0 Å². The van der Waals surface area contributed by atoms with Crippen molar-refractivity contribution in [1.29, 1.82) is 5.26 Å². The van der Waals surface area contributed by atoms with Crippen molar-refractivity contribution >= 4 is 21.4 Å². The van der Waals surface area contributed by atoms with E-state index in [1.165, 1.54) is 31.7 Å². The summed E-state index contributed by atoms with van der Waals surface area (Å²) in [4.78, 5) is 0.431. The standard InChI is InChI=1S/C13H16N2O2S2/c14-7-12-3-4-13(18-12)19(16,17)15-8-11-6-9-1-2-10(11)5-9/h3-4,9-11,15H,1-2,5-6,8H2. The number of hydrogen-bond acceptors (Lipinski definition) is 4. The molecular weight excluding hydrogens is 280 g/mol. The average Bonchev–Trinajstić information content (AvgIpc) is 3.11. The normalized spacial score (nSPS) is 29.5. The van der Waals surface area contributed by atoms with E-state index in [0.29, 0.717) is 23.3 Å². The highest BCUT2D eigenvalue weighted by Gasteiger charge is 2.39. The zero-order valence-corrected chi connectivity index (χ0v) is 12.1. The molecule has 2 aliphatic carbocycles. The lowest BCUT2D eigenvalue weighted by Crippen LogP contribution is -2.31. The molecule has 2 fully saturated rings. The number of rotatable bonds is 4. The van der Waals surface area contributed by atoms with Gasteiger partial charge >= 0.3 is 0 Å². The largest absolute Gasteiger partial charge is 0.250 e. The first kappa shape index (κ1) is 13.1. The SMILES string of the molecule is N#Cc1ccc(S(=O)(=O)NCC2CC3CCC2C3)s1. The molecule has 2 saturated carbocycles. The van der Waals surface area contributed by atoms with Crippen LogP contribution in [-0.4, -0.2) is 15.0 Å². The lowest BCUT2D eigenvalue weighted by atomic mass is 9.89. The predicted molar refractivity (Wildman–Crippen MR) is 73.2 cm³/mol. The smallest absolute Gasteiger partial charge is 0.210 e. The summed E-state index contributed by atoms with van der Waals surface area (Å²) < 4.78 is 27.2. The third-order valence-corrected chi connectivity index (χ3v) is 7.28. The molecule has 1 heterocycles. The number of fused-ring (bicyclic) bond motifs is 2. The summed E-state index contributed by atoms with van der Waals surface area (Å²) in [6.07, 6.45) is 5.03. The van der Waals surface area contributed by atoms with Crippen molar-refractivity contribution in [2.75, 3.05) is 6.54 Å². The second kappa shape index (κ2) is 4.89. The number of thiophene rings is 1. The van der Waals surface area contributed by atoms with Gasteiger partial charge in [0.05, 0.1) is 0 Å². The van der Waals surface area contributed by atoms with Crippen molar-refractivity contribution in [1.82, 2.24) is 4.72 Å². The van der Waals surface area contributed by atoms with Crippen molar-refractivity contribution in [3.05, 3.63) is 17.0 Å².